The van der Waals surface area contributed by atoms with Crippen LogP contribution in [0, 0.1) is 23.2 Å². The van der Waals surface area contributed by atoms with Crippen LogP contribution in [0.25, 0.3) is 22.1 Å². The van der Waals surface area contributed by atoms with Crippen molar-refractivity contribution in [1.82, 2.24) is 20.2 Å². The highest BCUT2D eigenvalue weighted by molar-refractivity contribution is 7.99. The van der Waals surface area contributed by atoms with E-state index < -0.39 is 0 Å². The summed E-state index contributed by atoms with van der Waals surface area (Å²) in [4.78, 5) is 21.1. The number of aromatic amines is 1. The summed E-state index contributed by atoms with van der Waals surface area (Å²) in [6.45, 7) is 0. The Balaban J connectivity index is 1.22. The van der Waals surface area contributed by atoms with Gasteiger partial charge in [0.25, 0.3) is 0 Å². The standard InChI is InChI=1S/C21H22N4OS/c26-17(21-8-12-5-13(9-21)7-14(6-12)10-21)11-27-20-23-19-18(24-25-20)15-3-1-2-4-16(15)22-19/h1-4,12-14H,5-11H2,(H,22,23,25). The molecule has 2 aromatic heterocycles. The smallest absolute Gasteiger partial charge is 0.211 e. The van der Waals surface area contributed by atoms with E-state index in [1.165, 1.54) is 31.0 Å². The summed E-state index contributed by atoms with van der Waals surface area (Å²) in [6, 6.07) is 8.02. The summed E-state index contributed by atoms with van der Waals surface area (Å²) in [5.74, 6) is 3.29. The van der Waals surface area contributed by atoms with Gasteiger partial charge in [-0.25, -0.2) is 4.98 Å². The number of para-hydroxylation sites is 1. The molecule has 1 aromatic carbocycles. The first-order valence-electron chi connectivity index (χ1n) is 9.96. The number of aromatic nitrogens is 4. The van der Waals surface area contributed by atoms with E-state index in [9.17, 15) is 4.79 Å². The Morgan fingerprint density at radius 2 is 1.78 bits per heavy atom. The zero-order chi connectivity index (χ0) is 18.0. The van der Waals surface area contributed by atoms with Crippen LogP contribution >= 0.6 is 11.8 Å². The number of carbonyl (C=O) groups excluding carboxylic acids is 1. The minimum atomic E-state index is -0.0413. The summed E-state index contributed by atoms with van der Waals surface area (Å²) in [5, 5.41) is 10.3. The fourth-order valence-electron chi connectivity index (χ4n) is 6.30. The van der Waals surface area contributed by atoms with Gasteiger partial charge in [0, 0.05) is 16.3 Å². The molecular weight excluding hydrogens is 356 g/mol. The minimum absolute atomic E-state index is 0.0413. The van der Waals surface area contributed by atoms with Crippen LogP contribution in [0.2, 0.25) is 0 Å². The number of carbonyl (C=O) groups is 1. The third kappa shape index (κ3) is 2.53. The highest BCUT2D eigenvalue weighted by atomic mass is 32.2. The number of nitrogens with zero attached hydrogens (tertiary/aromatic N) is 3. The second-order valence-electron chi connectivity index (χ2n) is 8.87. The highest BCUT2D eigenvalue weighted by Crippen LogP contribution is 2.60. The molecule has 6 heteroatoms. The lowest BCUT2D eigenvalue weighted by Crippen LogP contribution is -2.50. The molecule has 4 fully saturated rings. The Kier molecular flexibility index (Phi) is 3.43. The lowest BCUT2D eigenvalue weighted by molar-refractivity contribution is -0.141. The van der Waals surface area contributed by atoms with Crippen LogP contribution in [0.3, 0.4) is 0 Å². The fourth-order valence-corrected chi connectivity index (χ4v) is 7.12. The Morgan fingerprint density at radius 3 is 2.52 bits per heavy atom. The second kappa shape index (κ2) is 5.77. The molecule has 2 heterocycles. The Labute approximate surface area is 161 Å². The first-order valence-corrected chi connectivity index (χ1v) is 10.9. The zero-order valence-electron chi connectivity index (χ0n) is 15.1. The number of nitrogens with one attached hydrogen (secondary N) is 1. The molecule has 0 unspecified atom stereocenters. The topological polar surface area (TPSA) is 71.5 Å². The number of benzene rings is 1. The molecule has 0 amide bonds. The molecule has 0 atom stereocenters. The second-order valence-corrected chi connectivity index (χ2v) is 9.81. The number of rotatable bonds is 4. The van der Waals surface area contributed by atoms with Crippen LogP contribution in [0.4, 0.5) is 0 Å². The number of H-pyrrole nitrogens is 1. The van der Waals surface area contributed by atoms with Crippen LogP contribution in [0.1, 0.15) is 38.5 Å². The number of fused-ring (bicyclic) bond motifs is 3. The summed E-state index contributed by atoms with van der Waals surface area (Å²) in [6.07, 6.45) is 7.47. The molecule has 4 bridgehead atoms. The first kappa shape index (κ1) is 16.0. The molecule has 4 aliphatic carbocycles. The maximum atomic E-state index is 13.2. The van der Waals surface area contributed by atoms with Gasteiger partial charge >= 0.3 is 0 Å². The van der Waals surface area contributed by atoms with E-state index in [1.807, 2.05) is 24.3 Å². The van der Waals surface area contributed by atoms with Crippen molar-refractivity contribution in [2.24, 2.45) is 23.2 Å². The van der Waals surface area contributed by atoms with Gasteiger partial charge in [0.05, 0.1) is 5.75 Å². The average Bonchev–Trinajstić information content (AvgIpc) is 3.02. The van der Waals surface area contributed by atoms with E-state index in [0.717, 1.165) is 59.1 Å². The minimum Gasteiger partial charge on any atom is -0.338 e. The molecule has 1 N–H and O–H groups in total. The molecule has 0 spiro atoms. The third-order valence-corrected chi connectivity index (χ3v) is 7.90. The van der Waals surface area contributed by atoms with Gasteiger partial charge in [0.2, 0.25) is 5.16 Å². The van der Waals surface area contributed by atoms with Crippen LogP contribution in [-0.2, 0) is 4.79 Å². The summed E-state index contributed by atoms with van der Waals surface area (Å²) >= 11 is 1.45. The van der Waals surface area contributed by atoms with E-state index >= 15 is 0 Å². The number of Topliss-reactive ketones (excluding diaryl/α,β-unsaturated/α-hetero) is 1. The molecular formula is C21H22N4OS. The van der Waals surface area contributed by atoms with E-state index in [-0.39, 0.29) is 5.41 Å². The Hall–Kier alpha value is -1.95. The number of thioether (sulfide) groups is 1. The molecule has 27 heavy (non-hydrogen) atoms. The van der Waals surface area contributed by atoms with Crippen molar-refractivity contribution in [2.45, 2.75) is 43.7 Å². The van der Waals surface area contributed by atoms with Crippen molar-refractivity contribution >= 4 is 39.6 Å². The summed E-state index contributed by atoms with van der Waals surface area (Å²) in [7, 11) is 0. The normalized spacial score (nSPS) is 31.8. The van der Waals surface area contributed by atoms with E-state index in [2.05, 4.69) is 20.2 Å². The van der Waals surface area contributed by atoms with Crippen LogP contribution < -0.4 is 0 Å². The predicted octanol–water partition coefficient (Wildman–Crippen LogP) is 4.38. The van der Waals surface area contributed by atoms with Crippen molar-refractivity contribution in [3.05, 3.63) is 24.3 Å². The lowest BCUT2D eigenvalue weighted by atomic mass is 9.48. The van der Waals surface area contributed by atoms with Crippen LogP contribution in [0.15, 0.2) is 29.4 Å². The van der Waals surface area contributed by atoms with Gasteiger partial charge < -0.3 is 4.98 Å². The number of hydrogen-bond donors (Lipinski definition) is 1. The van der Waals surface area contributed by atoms with Crippen molar-refractivity contribution in [1.29, 1.82) is 0 Å². The first-order chi connectivity index (χ1) is 13.2. The van der Waals surface area contributed by atoms with Gasteiger partial charge in [-0.3, -0.25) is 4.79 Å². The highest BCUT2D eigenvalue weighted by Gasteiger charge is 2.54. The van der Waals surface area contributed by atoms with Crippen molar-refractivity contribution in [2.75, 3.05) is 5.75 Å². The Morgan fingerprint density at radius 1 is 1.07 bits per heavy atom. The predicted molar refractivity (Wildman–Crippen MR) is 106 cm³/mol. The van der Waals surface area contributed by atoms with E-state index in [0.29, 0.717) is 16.7 Å². The van der Waals surface area contributed by atoms with E-state index in [1.54, 1.807) is 0 Å². The molecule has 7 rings (SSSR count). The van der Waals surface area contributed by atoms with Gasteiger partial charge in [-0.2, -0.15) is 0 Å². The molecule has 0 aliphatic heterocycles. The van der Waals surface area contributed by atoms with Gasteiger partial charge in [0.15, 0.2) is 5.65 Å². The third-order valence-electron chi connectivity index (χ3n) is 7.06. The maximum absolute atomic E-state index is 13.2. The molecule has 3 aromatic rings. The lowest BCUT2D eigenvalue weighted by Gasteiger charge is -2.56. The van der Waals surface area contributed by atoms with Crippen LogP contribution in [-0.4, -0.2) is 31.7 Å². The van der Waals surface area contributed by atoms with Crippen molar-refractivity contribution in [3.8, 4) is 0 Å². The van der Waals surface area contributed by atoms with Crippen LogP contribution in [0.5, 0.6) is 0 Å². The number of ketones is 1. The molecule has 5 nitrogen and oxygen atoms in total. The Bertz CT molecular complexity index is 1020. The van der Waals surface area contributed by atoms with Crippen molar-refractivity contribution < 1.29 is 4.79 Å². The molecule has 0 saturated heterocycles. The monoisotopic (exact) mass is 378 g/mol. The number of hydrogen-bond acceptors (Lipinski definition) is 5. The summed E-state index contributed by atoms with van der Waals surface area (Å²) < 4.78 is 0. The maximum Gasteiger partial charge on any atom is 0.211 e. The van der Waals surface area contributed by atoms with Gasteiger partial charge in [-0.1, -0.05) is 30.0 Å². The largest absolute Gasteiger partial charge is 0.338 e. The fraction of sp³-hybridized carbons (Fsp3) is 0.524. The quantitative estimate of drug-likeness (QED) is 0.682. The SMILES string of the molecule is O=C(CSc1nnc2c(n1)[nH]c1ccccc12)C12CC3CC(CC(C3)C1)C2. The molecule has 0 radical (unpaired) electrons. The van der Waals surface area contributed by atoms with E-state index in [4.69, 9.17) is 0 Å². The van der Waals surface area contributed by atoms with Gasteiger partial charge in [-0.05, 0) is 62.3 Å². The zero-order valence-corrected chi connectivity index (χ0v) is 16.0. The molecule has 4 saturated carbocycles. The summed E-state index contributed by atoms with van der Waals surface area (Å²) in [5.41, 5.74) is 2.51. The van der Waals surface area contributed by atoms with Gasteiger partial charge in [-0.15, -0.1) is 10.2 Å². The van der Waals surface area contributed by atoms with Crippen molar-refractivity contribution in [3.63, 3.8) is 0 Å². The molecule has 138 valence electrons. The average molecular weight is 379 g/mol. The molecule has 4 aliphatic rings. The van der Waals surface area contributed by atoms with Gasteiger partial charge in [0.1, 0.15) is 11.3 Å².